The van der Waals surface area contributed by atoms with E-state index in [1.807, 2.05) is 27.7 Å². The number of hydrogen-bond donors (Lipinski definition) is 0. The fourth-order valence-electron chi connectivity index (χ4n) is 4.76. The van der Waals surface area contributed by atoms with Gasteiger partial charge in [0, 0.05) is 59.3 Å². The summed E-state index contributed by atoms with van der Waals surface area (Å²) in [6.07, 6.45) is 3.00. The summed E-state index contributed by atoms with van der Waals surface area (Å²) in [6.45, 7) is 9.56. The summed E-state index contributed by atoms with van der Waals surface area (Å²) in [5, 5.41) is 0.817. The maximum Gasteiger partial charge on any atom is 0.261 e. The summed E-state index contributed by atoms with van der Waals surface area (Å²) in [5.41, 5.74) is 1.40. The van der Waals surface area contributed by atoms with Crippen molar-refractivity contribution in [1.82, 2.24) is 9.80 Å². The number of nitrogens with zero attached hydrogens (tertiary/aromatic N) is 2. The largest absolute Gasteiger partial charge is 0.379 e. The summed E-state index contributed by atoms with van der Waals surface area (Å²) in [5.74, 6) is -1.58. The molecule has 2 aromatic carbocycles. The third-order valence-corrected chi connectivity index (χ3v) is 6.52. The number of carbonyl (C=O) groups excluding carboxylic acids is 4. The number of rotatable bonds is 12. The molecule has 0 aromatic heterocycles. The number of imide groups is 2. The molecule has 192 valence electrons. The van der Waals surface area contributed by atoms with Crippen molar-refractivity contribution in [2.45, 2.75) is 65.6 Å². The summed E-state index contributed by atoms with van der Waals surface area (Å²) in [6, 6.07) is 6.43. The average molecular weight is 495 g/mol. The maximum absolute atomic E-state index is 13.3. The molecule has 0 bridgehead atoms. The molecule has 0 aliphatic carbocycles. The van der Waals surface area contributed by atoms with Gasteiger partial charge < -0.3 is 9.47 Å². The van der Waals surface area contributed by atoms with Gasteiger partial charge in [-0.1, -0.05) is 0 Å². The van der Waals surface area contributed by atoms with Crippen LogP contribution in [0.15, 0.2) is 24.3 Å². The van der Waals surface area contributed by atoms with Crippen LogP contribution in [0.3, 0.4) is 0 Å². The first-order chi connectivity index (χ1) is 17.2. The van der Waals surface area contributed by atoms with E-state index in [1.165, 1.54) is 9.80 Å². The SMILES string of the molecule is CC(C)OCCCCN1C(=O)c2ccc3c4c(ccc(c24)C1=O)C(=O)N(CCCCOC(C)C)C3=O. The molecule has 2 aliphatic rings. The Hall–Kier alpha value is -3.10. The number of amides is 4. The van der Waals surface area contributed by atoms with Crippen molar-refractivity contribution < 1.29 is 28.7 Å². The predicted octanol–water partition coefficient (Wildman–Crippen LogP) is 4.44. The van der Waals surface area contributed by atoms with Crippen molar-refractivity contribution in [3.8, 4) is 0 Å². The fourth-order valence-corrected chi connectivity index (χ4v) is 4.76. The Bertz CT molecular complexity index is 1040. The van der Waals surface area contributed by atoms with Crippen molar-refractivity contribution in [2.24, 2.45) is 0 Å². The summed E-state index contributed by atoms with van der Waals surface area (Å²) in [7, 11) is 0. The van der Waals surface area contributed by atoms with Gasteiger partial charge in [0.1, 0.15) is 0 Å². The smallest absolute Gasteiger partial charge is 0.261 e. The van der Waals surface area contributed by atoms with Gasteiger partial charge in [-0.25, -0.2) is 0 Å². The van der Waals surface area contributed by atoms with E-state index in [1.54, 1.807) is 24.3 Å². The molecule has 8 heteroatoms. The zero-order valence-corrected chi connectivity index (χ0v) is 21.5. The first-order valence-electron chi connectivity index (χ1n) is 12.8. The lowest BCUT2D eigenvalue weighted by Crippen LogP contribution is -2.43. The van der Waals surface area contributed by atoms with Crippen molar-refractivity contribution in [1.29, 1.82) is 0 Å². The van der Waals surface area contributed by atoms with Crippen molar-refractivity contribution >= 4 is 34.4 Å². The highest BCUT2D eigenvalue weighted by Gasteiger charge is 2.39. The van der Waals surface area contributed by atoms with Crippen molar-refractivity contribution in [3.05, 3.63) is 46.5 Å². The molecule has 0 atom stereocenters. The fraction of sp³-hybridized carbons (Fsp3) is 0.500. The Morgan fingerprint density at radius 2 is 0.861 bits per heavy atom. The maximum atomic E-state index is 13.3. The van der Waals surface area contributed by atoms with Gasteiger partial charge in [0.15, 0.2) is 0 Å². The van der Waals surface area contributed by atoms with Crippen LogP contribution in [-0.2, 0) is 9.47 Å². The van der Waals surface area contributed by atoms with Gasteiger partial charge >= 0.3 is 0 Å². The van der Waals surface area contributed by atoms with Crippen LogP contribution in [0.4, 0.5) is 0 Å². The second-order valence-corrected chi connectivity index (χ2v) is 9.85. The quantitative estimate of drug-likeness (QED) is 0.320. The summed E-state index contributed by atoms with van der Waals surface area (Å²) >= 11 is 0. The van der Waals surface area contributed by atoms with Gasteiger partial charge in [0.25, 0.3) is 23.6 Å². The van der Waals surface area contributed by atoms with Crippen LogP contribution >= 0.6 is 0 Å². The van der Waals surface area contributed by atoms with E-state index in [2.05, 4.69) is 0 Å². The van der Waals surface area contributed by atoms with Gasteiger partial charge in [0.2, 0.25) is 0 Å². The molecular formula is C28H34N2O6. The van der Waals surface area contributed by atoms with Crippen LogP contribution < -0.4 is 0 Å². The molecule has 2 heterocycles. The number of hydrogen-bond acceptors (Lipinski definition) is 6. The van der Waals surface area contributed by atoms with E-state index in [0.717, 1.165) is 12.8 Å². The van der Waals surface area contributed by atoms with Crippen molar-refractivity contribution in [2.75, 3.05) is 26.3 Å². The highest BCUT2D eigenvalue weighted by atomic mass is 16.5. The number of ether oxygens (including phenoxy) is 2. The molecule has 0 N–H and O–H groups in total. The Labute approximate surface area is 211 Å². The minimum atomic E-state index is -0.395. The normalized spacial score (nSPS) is 15.3. The molecule has 0 saturated carbocycles. The van der Waals surface area contributed by atoms with E-state index in [0.29, 0.717) is 59.1 Å². The zero-order valence-electron chi connectivity index (χ0n) is 21.5. The Balaban J connectivity index is 1.56. The Kier molecular flexibility index (Phi) is 7.85. The average Bonchev–Trinajstić information content (AvgIpc) is 2.84. The number of unbranched alkanes of at least 4 members (excludes halogenated alkanes) is 2. The highest BCUT2D eigenvalue weighted by Crippen LogP contribution is 2.38. The van der Waals surface area contributed by atoms with Crippen LogP contribution in [0.5, 0.6) is 0 Å². The number of carbonyl (C=O) groups is 4. The standard InChI is InChI=1S/C28H34N2O6/c1-17(2)35-15-7-5-13-29-25(31)19-9-11-21-24-22(12-10-20(23(19)24)26(29)32)28(34)30(27(21)33)14-6-8-16-36-18(3)4/h9-12,17-18H,5-8,13-16H2,1-4H3. The molecule has 2 aromatic rings. The van der Waals surface area contributed by atoms with E-state index < -0.39 is 23.6 Å². The molecule has 36 heavy (non-hydrogen) atoms. The minimum Gasteiger partial charge on any atom is -0.379 e. The van der Waals surface area contributed by atoms with Crippen LogP contribution in [0.1, 0.15) is 94.8 Å². The second-order valence-electron chi connectivity index (χ2n) is 9.85. The lowest BCUT2D eigenvalue weighted by Gasteiger charge is -2.32. The lowest BCUT2D eigenvalue weighted by atomic mass is 9.86. The highest BCUT2D eigenvalue weighted by molar-refractivity contribution is 6.33. The molecule has 8 nitrogen and oxygen atoms in total. The van der Waals surface area contributed by atoms with Gasteiger partial charge in [-0.15, -0.1) is 0 Å². The Morgan fingerprint density at radius 1 is 0.556 bits per heavy atom. The van der Waals surface area contributed by atoms with E-state index in [9.17, 15) is 19.2 Å². The van der Waals surface area contributed by atoms with Crippen molar-refractivity contribution in [3.63, 3.8) is 0 Å². The van der Waals surface area contributed by atoms with Crippen LogP contribution in [0.25, 0.3) is 10.8 Å². The third-order valence-electron chi connectivity index (χ3n) is 6.52. The number of benzene rings is 2. The topological polar surface area (TPSA) is 93.2 Å². The van der Waals surface area contributed by atoms with Gasteiger partial charge in [0.05, 0.1) is 12.2 Å². The van der Waals surface area contributed by atoms with Crippen LogP contribution in [0.2, 0.25) is 0 Å². The monoisotopic (exact) mass is 494 g/mol. The zero-order chi connectivity index (χ0) is 26.0. The molecule has 0 saturated heterocycles. The summed E-state index contributed by atoms with van der Waals surface area (Å²) in [4.78, 5) is 55.6. The van der Waals surface area contributed by atoms with Crippen LogP contribution in [0, 0.1) is 0 Å². The first-order valence-corrected chi connectivity index (χ1v) is 12.8. The molecule has 4 amide bonds. The van der Waals surface area contributed by atoms with E-state index >= 15 is 0 Å². The van der Waals surface area contributed by atoms with Gasteiger partial charge in [-0.05, 0) is 77.6 Å². The third kappa shape index (κ3) is 4.92. The first kappa shape index (κ1) is 26.0. The molecule has 0 radical (unpaired) electrons. The van der Waals surface area contributed by atoms with Gasteiger partial charge in [-0.3, -0.25) is 29.0 Å². The lowest BCUT2D eigenvalue weighted by molar-refractivity contribution is 0.0560. The molecule has 0 fully saturated rings. The molecule has 2 aliphatic heterocycles. The molecule has 0 spiro atoms. The molecule has 0 unspecified atom stereocenters. The minimum absolute atomic E-state index is 0.134. The predicted molar refractivity (Wildman–Crippen MR) is 135 cm³/mol. The van der Waals surface area contributed by atoms with Gasteiger partial charge in [-0.2, -0.15) is 0 Å². The molecular weight excluding hydrogens is 460 g/mol. The Morgan fingerprint density at radius 3 is 1.14 bits per heavy atom. The van der Waals surface area contributed by atoms with E-state index in [4.69, 9.17) is 9.47 Å². The van der Waals surface area contributed by atoms with E-state index in [-0.39, 0.29) is 25.3 Å². The second kappa shape index (κ2) is 10.9. The van der Waals surface area contributed by atoms with Crippen LogP contribution in [-0.4, -0.2) is 71.9 Å². The summed E-state index contributed by atoms with van der Waals surface area (Å²) < 4.78 is 11.1. The molecule has 4 rings (SSSR count).